The molecule has 0 unspecified atom stereocenters. The van der Waals surface area contributed by atoms with Crippen LogP contribution in [-0.2, 0) is 11.3 Å². The molecule has 0 aliphatic rings. The van der Waals surface area contributed by atoms with Gasteiger partial charge in [-0.25, -0.2) is 0 Å². The van der Waals surface area contributed by atoms with Gasteiger partial charge in [0.05, 0.1) is 12.5 Å². The molecule has 0 spiro atoms. The topological polar surface area (TPSA) is 58.6 Å². The van der Waals surface area contributed by atoms with E-state index in [0.717, 1.165) is 11.3 Å². The molecule has 2 N–H and O–H groups in total. The third-order valence-electron chi connectivity index (χ3n) is 3.73. The van der Waals surface area contributed by atoms with Crippen molar-refractivity contribution in [2.24, 2.45) is 5.41 Å². The molecule has 0 saturated carbocycles. The molecular formula is C15H23NO3. The van der Waals surface area contributed by atoms with Crippen molar-refractivity contribution in [1.29, 1.82) is 0 Å². The number of methoxy groups -OCH3 is 1. The summed E-state index contributed by atoms with van der Waals surface area (Å²) >= 11 is 0. The monoisotopic (exact) mass is 265 g/mol. The lowest BCUT2D eigenvalue weighted by Gasteiger charge is -2.27. The number of hydrogen-bond donors (Lipinski definition) is 2. The summed E-state index contributed by atoms with van der Waals surface area (Å²) in [4.78, 5) is 11.4. The first-order valence-corrected chi connectivity index (χ1v) is 6.65. The quantitative estimate of drug-likeness (QED) is 0.758. The summed E-state index contributed by atoms with van der Waals surface area (Å²) in [7, 11) is 1.64. The number of rotatable bonds is 8. The number of carboxylic acids is 1. The van der Waals surface area contributed by atoms with Crippen LogP contribution in [-0.4, -0.2) is 24.7 Å². The summed E-state index contributed by atoms with van der Waals surface area (Å²) in [6.07, 6.45) is 1.26. The van der Waals surface area contributed by atoms with Crippen LogP contribution >= 0.6 is 0 Å². The van der Waals surface area contributed by atoms with Crippen LogP contribution < -0.4 is 10.1 Å². The summed E-state index contributed by atoms with van der Waals surface area (Å²) in [6, 6.07) is 7.77. The fraction of sp³-hybridized carbons (Fsp3) is 0.533. The highest BCUT2D eigenvalue weighted by atomic mass is 16.5. The van der Waals surface area contributed by atoms with E-state index in [1.165, 1.54) is 0 Å². The molecule has 4 nitrogen and oxygen atoms in total. The van der Waals surface area contributed by atoms with Gasteiger partial charge in [0.25, 0.3) is 0 Å². The van der Waals surface area contributed by atoms with Gasteiger partial charge in [0, 0.05) is 13.1 Å². The lowest BCUT2D eigenvalue weighted by molar-refractivity contribution is -0.149. The van der Waals surface area contributed by atoms with E-state index >= 15 is 0 Å². The van der Waals surface area contributed by atoms with E-state index in [2.05, 4.69) is 5.32 Å². The van der Waals surface area contributed by atoms with Crippen LogP contribution in [0, 0.1) is 5.41 Å². The van der Waals surface area contributed by atoms with Crippen molar-refractivity contribution in [3.8, 4) is 5.75 Å². The molecule has 0 amide bonds. The van der Waals surface area contributed by atoms with E-state index in [9.17, 15) is 9.90 Å². The lowest BCUT2D eigenvalue weighted by Crippen LogP contribution is -2.39. The highest BCUT2D eigenvalue weighted by Gasteiger charge is 2.34. The molecule has 1 aromatic rings. The molecule has 0 heterocycles. The molecule has 1 aromatic carbocycles. The van der Waals surface area contributed by atoms with E-state index in [4.69, 9.17) is 4.74 Å². The fourth-order valence-corrected chi connectivity index (χ4v) is 2.11. The number of carbonyl (C=O) groups is 1. The Morgan fingerprint density at radius 3 is 2.58 bits per heavy atom. The van der Waals surface area contributed by atoms with Crippen molar-refractivity contribution in [3.05, 3.63) is 29.8 Å². The fourth-order valence-electron chi connectivity index (χ4n) is 2.11. The first-order valence-electron chi connectivity index (χ1n) is 6.65. The van der Waals surface area contributed by atoms with Gasteiger partial charge in [0.1, 0.15) is 5.75 Å². The summed E-state index contributed by atoms with van der Waals surface area (Å²) < 4.78 is 5.16. The smallest absolute Gasteiger partial charge is 0.310 e. The van der Waals surface area contributed by atoms with Gasteiger partial charge in [-0.1, -0.05) is 26.0 Å². The Morgan fingerprint density at radius 2 is 2.05 bits per heavy atom. The normalized spacial score (nSPS) is 11.3. The van der Waals surface area contributed by atoms with E-state index in [-0.39, 0.29) is 0 Å². The van der Waals surface area contributed by atoms with E-state index in [1.54, 1.807) is 7.11 Å². The van der Waals surface area contributed by atoms with Crippen molar-refractivity contribution < 1.29 is 14.6 Å². The molecule has 0 saturated heterocycles. The lowest BCUT2D eigenvalue weighted by atomic mass is 9.82. The van der Waals surface area contributed by atoms with E-state index in [1.807, 2.05) is 38.1 Å². The molecule has 0 aliphatic heterocycles. The van der Waals surface area contributed by atoms with Crippen LogP contribution in [0.4, 0.5) is 0 Å². The maximum Gasteiger partial charge on any atom is 0.310 e. The molecule has 19 heavy (non-hydrogen) atoms. The van der Waals surface area contributed by atoms with Gasteiger partial charge < -0.3 is 15.2 Å². The second-order valence-corrected chi connectivity index (χ2v) is 4.75. The van der Waals surface area contributed by atoms with Crippen LogP contribution in [0.3, 0.4) is 0 Å². The second-order valence-electron chi connectivity index (χ2n) is 4.75. The SMILES string of the molecule is CCC(CC)(CNCc1cccc(OC)c1)C(=O)O. The zero-order chi connectivity index (χ0) is 14.3. The molecule has 0 aliphatic carbocycles. The highest BCUT2D eigenvalue weighted by Crippen LogP contribution is 2.25. The van der Waals surface area contributed by atoms with Gasteiger partial charge >= 0.3 is 5.97 Å². The zero-order valence-electron chi connectivity index (χ0n) is 11.9. The number of ether oxygens (including phenoxy) is 1. The van der Waals surface area contributed by atoms with Crippen molar-refractivity contribution in [1.82, 2.24) is 5.32 Å². The third-order valence-corrected chi connectivity index (χ3v) is 3.73. The molecule has 1 rings (SSSR count). The Morgan fingerprint density at radius 1 is 1.37 bits per heavy atom. The van der Waals surface area contributed by atoms with Crippen LogP contribution in [0.15, 0.2) is 24.3 Å². The summed E-state index contributed by atoms with van der Waals surface area (Å²) in [5.74, 6) is 0.0884. The largest absolute Gasteiger partial charge is 0.497 e. The van der Waals surface area contributed by atoms with E-state index in [0.29, 0.717) is 25.9 Å². The van der Waals surface area contributed by atoms with Crippen molar-refractivity contribution >= 4 is 5.97 Å². The number of aliphatic carboxylic acids is 1. The Hall–Kier alpha value is -1.55. The highest BCUT2D eigenvalue weighted by molar-refractivity contribution is 5.74. The summed E-state index contributed by atoms with van der Waals surface area (Å²) in [5, 5.41) is 12.6. The van der Waals surface area contributed by atoms with Gasteiger partial charge in [0.2, 0.25) is 0 Å². The van der Waals surface area contributed by atoms with Crippen LogP contribution in [0.25, 0.3) is 0 Å². The molecule has 0 fully saturated rings. The van der Waals surface area contributed by atoms with Crippen molar-refractivity contribution in [2.45, 2.75) is 33.2 Å². The van der Waals surface area contributed by atoms with Crippen molar-refractivity contribution in [3.63, 3.8) is 0 Å². The van der Waals surface area contributed by atoms with Gasteiger partial charge in [0.15, 0.2) is 0 Å². The van der Waals surface area contributed by atoms with Gasteiger partial charge in [-0.15, -0.1) is 0 Å². The van der Waals surface area contributed by atoms with Gasteiger partial charge in [-0.2, -0.15) is 0 Å². The van der Waals surface area contributed by atoms with Crippen LogP contribution in [0.1, 0.15) is 32.3 Å². The molecule has 0 aromatic heterocycles. The van der Waals surface area contributed by atoms with Crippen LogP contribution in [0.2, 0.25) is 0 Å². The molecular weight excluding hydrogens is 242 g/mol. The van der Waals surface area contributed by atoms with Crippen LogP contribution in [0.5, 0.6) is 5.75 Å². The van der Waals surface area contributed by atoms with Gasteiger partial charge in [-0.05, 0) is 30.5 Å². The van der Waals surface area contributed by atoms with Crippen molar-refractivity contribution in [2.75, 3.05) is 13.7 Å². The molecule has 0 radical (unpaired) electrons. The molecule has 0 bridgehead atoms. The number of carboxylic acid groups (broad SMARTS) is 1. The van der Waals surface area contributed by atoms with Gasteiger partial charge in [-0.3, -0.25) is 4.79 Å². The Kier molecular flexibility index (Phi) is 5.83. The second kappa shape index (κ2) is 7.14. The minimum atomic E-state index is -0.726. The zero-order valence-corrected chi connectivity index (χ0v) is 11.9. The predicted octanol–water partition coefficient (Wildman–Crippen LogP) is 2.68. The predicted molar refractivity (Wildman–Crippen MR) is 75.4 cm³/mol. The molecule has 0 atom stereocenters. The minimum Gasteiger partial charge on any atom is -0.497 e. The third kappa shape index (κ3) is 3.96. The Labute approximate surface area is 114 Å². The summed E-state index contributed by atoms with van der Waals surface area (Å²) in [6.45, 7) is 4.97. The number of hydrogen-bond acceptors (Lipinski definition) is 3. The Balaban J connectivity index is 2.59. The number of benzene rings is 1. The maximum absolute atomic E-state index is 11.4. The summed E-state index contributed by atoms with van der Waals surface area (Å²) in [5.41, 5.74) is 0.421. The standard InChI is InChI=1S/C15H23NO3/c1-4-15(5-2,14(17)18)11-16-10-12-7-6-8-13(9-12)19-3/h6-9,16H,4-5,10-11H2,1-3H3,(H,17,18). The van der Waals surface area contributed by atoms with E-state index < -0.39 is 11.4 Å². The minimum absolute atomic E-state index is 0.479. The maximum atomic E-state index is 11.4. The average Bonchev–Trinajstić information content (AvgIpc) is 2.44. The number of nitrogens with one attached hydrogen (secondary N) is 1. The first-order chi connectivity index (χ1) is 9.07. The molecule has 4 heteroatoms. The first kappa shape index (κ1) is 15.5. The Bertz CT molecular complexity index is 414. The molecule has 106 valence electrons. The average molecular weight is 265 g/mol.